The van der Waals surface area contributed by atoms with E-state index in [1.807, 2.05) is 30.3 Å². The summed E-state index contributed by atoms with van der Waals surface area (Å²) in [7, 11) is 0. The van der Waals surface area contributed by atoms with Gasteiger partial charge in [0.15, 0.2) is 0 Å². The molecule has 1 aliphatic heterocycles. The lowest BCUT2D eigenvalue weighted by Crippen LogP contribution is -2.38. The van der Waals surface area contributed by atoms with Crippen molar-refractivity contribution in [3.05, 3.63) is 71.0 Å². The molecule has 4 rings (SSSR count). The lowest BCUT2D eigenvalue weighted by molar-refractivity contribution is -0.128. The van der Waals surface area contributed by atoms with Crippen molar-refractivity contribution in [1.29, 1.82) is 0 Å². The van der Waals surface area contributed by atoms with E-state index >= 15 is 0 Å². The molecule has 2 aromatic rings. The van der Waals surface area contributed by atoms with E-state index in [0.29, 0.717) is 12.5 Å². The highest BCUT2D eigenvalue weighted by molar-refractivity contribution is 5.97. The molecule has 3 atom stereocenters. The molecular weight excluding hydrogens is 363 g/mol. The smallest absolute Gasteiger partial charge is 0.335 e. The minimum atomic E-state index is -1.26. The van der Waals surface area contributed by atoms with Gasteiger partial charge in [-0.3, -0.25) is 9.59 Å². The van der Waals surface area contributed by atoms with Crippen LogP contribution in [-0.2, 0) is 4.79 Å². The standard InChI is InChI=1S/C21H19FN2O4/c22-17-8-13(21(27)28)6-7-15(17)20(26)23-14-9-19(25)24(11-14)18-10-16(18)12-4-2-1-3-5-12/h1-8,14,16,18H,9-11H2,(H,23,26)(H,27,28). The molecule has 0 bridgehead atoms. The van der Waals surface area contributed by atoms with Gasteiger partial charge in [-0.1, -0.05) is 30.3 Å². The molecule has 3 unspecified atom stereocenters. The summed E-state index contributed by atoms with van der Waals surface area (Å²) in [5.41, 5.74) is 0.745. The number of aromatic carboxylic acids is 1. The lowest BCUT2D eigenvalue weighted by atomic mass is 10.1. The molecule has 7 heteroatoms. The van der Waals surface area contributed by atoms with Gasteiger partial charge in [0.1, 0.15) is 5.82 Å². The van der Waals surface area contributed by atoms with Crippen molar-refractivity contribution in [3.8, 4) is 0 Å². The van der Waals surface area contributed by atoms with Gasteiger partial charge in [0.2, 0.25) is 5.91 Å². The van der Waals surface area contributed by atoms with Crippen LogP contribution in [0.2, 0.25) is 0 Å². The number of nitrogens with zero attached hydrogens (tertiary/aromatic N) is 1. The molecule has 1 heterocycles. The first kappa shape index (κ1) is 18.2. The normalized spacial score (nSPS) is 23.5. The number of halogens is 1. The highest BCUT2D eigenvalue weighted by Crippen LogP contribution is 2.45. The molecule has 2 amide bonds. The van der Waals surface area contributed by atoms with Crippen LogP contribution in [0.25, 0.3) is 0 Å². The van der Waals surface area contributed by atoms with Gasteiger partial charge in [-0.2, -0.15) is 0 Å². The van der Waals surface area contributed by atoms with Crippen LogP contribution in [-0.4, -0.2) is 46.4 Å². The number of carbonyl (C=O) groups is 3. The number of benzene rings is 2. The van der Waals surface area contributed by atoms with Crippen molar-refractivity contribution < 1.29 is 23.9 Å². The second-order valence-corrected chi connectivity index (χ2v) is 7.24. The summed E-state index contributed by atoms with van der Waals surface area (Å²) in [6.07, 6.45) is 1.08. The molecule has 6 nitrogen and oxygen atoms in total. The summed E-state index contributed by atoms with van der Waals surface area (Å²) >= 11 is 0. The quantitative estimate of drug-likeness (QED) is 0.832. The molecule has 0 radical (unpaired) electrons. The molecule has 1 saturated heterocycles. The second kappa shape index (κ2) is 7.07. The van der Waals surface area contributed by atoms with Crippen LogP contribution in [0, 0.1) is 5.82 Å². The zero-order chi connectivity index (χ0) is 19.8. The molecule has 144 valence electrons. The highest BCUT2D eigenvalue weighted by Gasteiger charge is 2.48. The van der Waals surface area contributed by atoms with E-state index in [1.165, 1.54) is 11.6 Å². The zero-order valence-electron chi connectivity index (χ0n) is 15.0. The minimum Gasteiger partial charge on any atom is -0.478 e. The van der Waals surface area contributed by atoms with Crippen molar-refractivity contribution >= 4 is 17.8 Å². The van der Waals surface area contributed by atoms with Gasteiger partial charge >= 0.3 is 5.97 Å². The number of carboxylic acid groups (broad SMARTS) is 1. The van der Waals surface area contributed by atoms with Crippen LogP contribution in [0.4, 0.5) is 4.39 Å². The summed E-state index contributed by atoms with van der Waals surface area (Å²) in [4.78, 5) is 37.4. The summed E-state index contributed by atoms with van der Waals surface area (Å²) < 4.78 is 14.1. The van der Waals surface area contributed by atoms with E-state index < -0.39 is 23.7 Å². The summed E-state index contributed by atoms with van der Waals surface area (Å²) in [6, 6.07) is 12.9. The highest BCUT2D eigenvalue weighted by atomic mass is 19.1. The first-order chi connectivity index (χ1) is 13.4. The Labute approximate surface area is 161 Å². The fraction of sp³-hybridized carbons (Fsp3) is 0.286. The largest absolute Gasteiger partial charge is 0.478 e. The zero-order valence-corrected chi connectivity index (χ0v) is 15.0. The number of rotatable bonds is 5. The third-order valence-corrected chi connectivity index (χ3v) is 5.34. The summed E-state index contributed by atoms with van der Waals surface area (Å²) in [5, 5.41) is 11.6. The molecule has 28 heavy (non-hydrogen) atoms. The molecular formula is C21H19FN2O4. The Morgan fingerprint density at radius 2 is 1.89 bits per heavy atom. The van der Waals surface area contributed by atoms with Gasteiger partial charge in [0.05, 0.1) is 17.2 Å². The molecule has 2 aromatic carbocycles. The third kappa shape index (κ3) is 3.47. The molecule has 2 N–H and O–H groups in total. The number of carbonyl (C=O) groups excluding carboxylic acids is 2. The third-order valence-electron chi connectivity index (χ3n) is 5.34. The van der Waals surface area contributed by atoms with Crippen molar-refractivity contribution in [2.45, 2.75) is 30.8 Å². The van der Waals surface area contributed by atoms with Crippen LogP contribution in [0.3, 0.4) is 0 Å². The Morgan fingerprint density at radius 1 is 1.14 bits per heavy atom. The average Bonchev–Trinajstić information content (AvgIpc) is 3.39. The van der Waals surface area contributed by atoms with Gasteiger partial charge in [0, 0.05) is 24.9 Å². The van der Waals surface area contributed by atoms with Crippen LogP contribution < -0.4 is 5.32 Å². The number of carboxylic acids is 1. The van der Waals surface area contributed by atoms with Crippen LogP contribution in [0.15, 0.2) is 48.5 Å². The first-order valence-electron chi connectivity index (χ1n) is 9.12. The van der Waals surface area contributed by atoms with Gasteiger partial charge in [0.25, 0.3) is 5.91 Å². The summed E-state index contributed by atoms with van der Waals surface area (Å²) in [6.45, 7) is 0.396. The lowest BCUT2D eigenvalue weighted by Gasteiger charge is -2.17. The van der Waals surface area contributed by atoms with Crippen LogP contribution in [0.1, 0.15) is 45.0 Å². The van der Waals surface area contributed by atoms with Gasteiger partial charge in [-0.05, 0) is 30.2 Å². The molecule has 1 aliphatic carbocycles. The van der Waals surface area contributed by atoms with Gasteiger partial charge in [-0.15, -0.1) is 0 Å². The first-order valence-corrected chi connectivity index (χ1v) is 9.12. The Morgan fingerprint density at radius 3 is 2.57 bits per heavy atom. The number of likely N-dealkylation sites (tertiary alicyclic amines) is 1. The van der Waals surface area contributed by atoms with Crippen LogP contribution >= 0.6 is 0 Å². The van der Waals surface area contributed by atoms with Crippen molar-refractivity contribution in [2.75, 3.05) is 6.54 Å². The fourth-order valence-electron chi connectivity index (χ4n) is 3.83. The van der Waals surface area contributed by atoms with Crippen molar-refractivity contribution in [3.63, 3.8) is 0 Å². The molecule has 2 aliphatic rings. The Kier molecular flexibility index (Phi) is 4.58. The Bertz CT molecular complexity index is 947. The predicted molar refractivity (Wildman–Crippen MR) is 98.5 cm³/mol. The number of amides is 2. The second-order valence-electron chi connectivity index (χ2n) is 7.24. The molecule has 0 spiro atoms. The van der Waals surface area contributed by atoms with E-state index in [0.717, 1.165) is 18.6 Å². The fourth-order valence-corrected chi connectivity index (χ4v) is 3.83. The van der Waals surface area contributed by atoms with E-state index in [2.05, 4.69) is 5.32 Å². The van der Waals surface area contributed by atoms with E-state index in [-0.39, 0.29) is 29.5 Å². The van der Waals surface area contributed by atoms with Gasteiger partial charge in [-0.25, -0.2) is 9.18 Å². The maximum absolute atomic E-state index is 14.1. The maximum atomic E-state index is 14.1. The van der Waals surface area contributed by atoms with E-state index in [9.17, 15) is 18.8 Å². The molecule has 2 fully saturated rings. The monoisotopic (exact) mass is 382 g/mol. The number of nitrogens with one attached hydrogen (secondary N) is 1. The maximum Gasteiger partial charge on any atom is 0.335 e. The minimum absolute atomic E-state index is 0.0181. The number of hydrogen-bond donors (Lipinski definition) is 2. The summed E-state index contributed by atoms with van der Waals surface area (Å²) in [5.74, 6) is -2.51. The molecule has 0 aromatic heterocycles. The van der Waals surface area contributed by atoms with Crippen LogP contribution in [0.5, 0.6) is 0 Å². The van der Waals surface area contributed by atoms with Gasteiger partial charge < -0.3 is 15.3 Å². The topological polar surface area (TPSA) is 86.7 Å². The Hall–Kier alpha value is -3.22. The number of hydrogen-bond acceptors (Lipinski definition) is 3. The van der Waals surface area contributed by atoms with E-state index in [4.69, 9.17) is 5.11 Å². The SMILES string of the molecule is O=C(O)c1ccc(C(=O)NC2CC(=O)N(C3CC3c3ccccc3)C2)c(F)c1. The molecule has 1 saturated carbocycles. The van der Waals surface area contributed by atoms with Crippen molar-refractivity contribution in [2.24, 2.45) is 0 Å². The van der Waals surface area contributed by atoms with Crippen molar-refractivity contribution in [1.82, 2.24) is 10.2 Å². The van der Waals surface area contributed by atoms with E-state index in [1.54, 1.807) is 4.90 Å². The Balaban J connectivity index is 1.39. The average molecular weight is 382 g/mol. The predicted octanol–water partition coefficient (Wildman–Crippen LogP) is 2.41.